The summed E-state index contributed by atoms with van der Waals surface area (Å²) in [5, 5.41) is 12.3. The molecule has 0 radical (unpaired) electrons. The van der Waals surface area contributed by atoms with Crippen LogP contribution in [-0.4, -0.2) is 23.2 Å². The smallest absolute Gasteiger partial charge is 0.310 e. The summed E-state index contributed by atoms with van der Waals surface area (Å²) in [6.45, 7) is 7.99. The molecule has 0 saturated heterocycles. The van der Waals surface area contributed by atoms with Crippen LogP contribution in [0.3, 0.4) is 0 Å². The van der Waals surface area contributed by atoms with Crippen molar-refractivity contribution in [2.75, 3.05) is 6.54 Å². The van der Waals surface area contributed by atoms with E-state index >= 15 is 0 Å². The number of hydrogen-bond donors (Lipinski definition) is 2. The van der Waals surface area contributed by atoms with Crippen LogP contribution in [0.1, 0.15) is 40.5 Å². The first-order valence-corrected chi connectivity index (χ1v) is 5.17. The van der Waals surface area contributed by atoms with Crippen molar-refractivity contribution in [1.29, 1.82) is 0 Å². The van der Waals surface area contributed by atoms with Crippen LogP contribution in [0, 0.1) is 17.8 Å². The third kappa shape index (κ3) is 3.56. The summed E-state index contributed by atoms with van der Waals surface area (Å²) in [6, 6.07) is 0. The maximum atomic E-state index is 11.1. The minimum Gasteiger partial charge on any atom is -0.481 e. The van der Waals surface area contributed by atoms with Crippen LogP contribution in [0.5, 0.6) is 0 Å². The molecule has 0 aliphatic carbocycles. The fourth-order valence-electron chi connectivity index (χ4n) is 1.08. The molecule has 3 heteroatoms. The molecule has 15 heavy (non-hydrogen) atoms. The molecule has 0 aromatic heterocycles. The summed E-state index contributed by atoms with van der Waals surface area (Å²) >= 11 is 0. The van der Waals surface area contributed by atoms with Crippen molar-refractivity contribution in [2.24, 2.45) is 5.41 Å². The van der Waals surface area contributed by atoms with Gasteiger partial charge in [-0.1, -0.05) is 0 Å². The Balaban J connectivity index is 4.30. The van der Waals surface area contributed by atoms with Crippen LogP contribution in [0.2, 0.25) is 0 Å². The van der Waals surface area contributed by atoms with Crippen LogP contribution in [0.25, 0.3) is 0 Å². The molecule has 0 aliphatic rings. The molecule has 0 amide bonds. The van der Waals surface area contributed by atoms with Crippen molar-refractivity contribution in [3.8, 4) is 12.3 Å². The molecule has 0 aromatic rings. The van der Waals surface area contributed by atoms with Crippen molar-refractivity contribution in [2.45, 2.75) is 46.1 Å². The van der Waals surface area contributed by atoms with Gasteiger partial charge >= 0.3 is 5.97 Å². The Morgan fingerprint density at radius 2 is 1.93 bits per heavy atom. The van der Waals surface area contributed by atoms with Gasteiger partial charge in [-0.2, -0.15) is 0 Å². The molecule has 0 saturated carbocycles. The van der Waals surface area contributed by atoms with E-state index in [2.05, 4.69) is 11.2 Å². The molecule has 0 heterocycles. The van der Waals surface area contributed by atoms with Crippen LogP contribution < -0.4 is 5.32 Å². The fraction of sp³-hybridized carbons (Fsp3) is 0.750. The third-order valence-electron chi connectivity index (χ3n) is 3.16. The first-order chi connectivity index (χ1) is 6.75. The van der Waals surface area contributed by atoms with E-state index in [1.165, 1.54) is 0 Å². The predicted molar refractivity (Wildman–Crippen MR) is 61.6 cm³/mol. The van der Waals surface area contributed by atoms with Gasteiger partial charge in [0, 0.05) is 12.0 Å². The Morgan fingerprint density at radius 1 is 1.40 bits per heavy atom. The molecule has 86 valence electrons. The monoisotopic (exact) mass is 211 g/mol. The first-order valence-electron chi connectivity index (χ1n) is 5.17. The number of rotatable bonds is 6. The van der Waals surface area contributed by atoms with Gasteiger partial charge in [-0.3, -0.25) is 4.79 Å². The highest BCUT2D eigenvalue weighted by Gasteiger charge is 2.42. The lowest BCUT2D eigenvalue weighted by atomic mass is 9.74. The Bertz CT molecular complexity index is 261. The standard InChI is InChI=1S/C12H21NO2/c1-6-7-8-9-13-12(4,5)11(2,3)10(14)15/h1,13H,7-9H2,2-5H3,(H,14,15). The van der Waals surface area contributed by atoms with Gasteiger partial charge in [-0.05, 0) is 40.7 Å². The number of carbonyl (C=O) groups is 1. The van der Waals surface area contributed by atoms with E-state index < -0.39 is 16.9 Å². The summed E-state index contributed by atoms with van der Waals surface area (Å²) < 4.78 is 0. The average Bonchev–Trinajstić information content (AvgIpc) is 2.12. The van der Waals surface area contributed by atoms with E-state index in [4.69, 9.17) is 11.5 Å². The van der Waals surface area contributed by atoms with Gasteiger partial charge in [0.05, 0.1) is 5.41 Å². The first kappa shape index (κ1) is 14.0. The lowest BCUT2D eigenvalue weighted by Gasteiger charge is -2.39. The van der Waals surface area contributed by atoms with Crippen molar-refractivity contribution in [1.82, 2.24) is 5.32 Å². The number of nitrogens with one attached hydrogen (secondary N) is 1. The zero-order chi connectivity index (χ0) is 12.1. The quantitative estimate of drug-likeness (QED) is 0.521. The van der Waals surface area contributed by atoms with Crippen LogP contribution >= 0.6 is 0 Å². The number of carboxylic acid groups (broad SMARTS) is 1. The maximum Gasteiger partial charge on any atom is 0.310 e. The van der Waals surface area contributed by atoms with E-state index in [0.29, 0.717) is 0 Å². The number of aliphatic carboxylic acids is 1. The highest BCUT2D eigenvalue weighted by Crippen LogP contribution is 2.30. The Labute approximate surface area is 92.3 Å². The van der Waals surface area contributed by atoms with E-state index in [1.807, 2.05) is 13.8 Å². The lowest BCUT2D eigenvalue weighted by molar-refractivity contribution is -0.151. The highest BCUT2D eigenvalue weighted by molar-refractivity contribution is 5.75. The number of hydrogen-bond acceptors (Lipinski definition) is 2. The Hall–Kier alpha value is -1.01. The topological polar surface area (TPSA) is 49.3 Å². The average molecular weight is 211 g/mol. The van der Waals surface area contributed by atoms with Gasteiger partial charge in [0.1, 0.15) is 0 Å². The van der Waals surface area contributed by atoms with Gasteiger partial charge in [0.2, 0.25) is 0 Å². The summed E-state index contributed by atoms with van der Waals surface area (Å²) in [4.78, 5) is 11.1. The van der Waals surface area contributed by atoms with Crippen LogP contribution in [0.4, 0.5) is 0 Å². The van der Waals surface area contributed by atoms with Gasteiger partial charge in [0.15, 0.2) is 0 Å². The third-order valence-corrected chi connectivity index (χ3v) is 3.16. The zero-order valence-electron chi connectivity index (χ0n) is 10.1. The van der Waals surface area contributed by atoms with Crippen molar-refractivity contribution in [3.05, 3.63) is 0 Å². The molecule has 0 atom stereocenters. The molecule has 0 aromatic carbocycles. The number of unbranched alkanes of at least 4 members (excludes halogenated alkanes) is 1. The molecule has 2 N–H and O–H groups in total. The molecule has 0 bridgehead atoms. The molecule has 0 fully saturated rings. The summed E-state index contributed by atoms with van der Waals surface area (Å²) in [5.74, 6) is 1.76. The van der Waals surface area contributed by atoms with Crippen molar-refractivity contribution >= 4 is 5.97 Å². The highest BCUT2D eigenvalue weighted by atomic mass is 16.4. The zero-order valence-corrected chi connectivity index (χ0v) is 10.1. The minimum atomic E-state index is -0.802. The molecular formula is C12H21NO2. The SMILES string of the molecule is C#CCCCNC(C)(C)C(C)(C)C(=O)O. The molecule has 0 rings (SSSR count). The van der Waals surface area contributed by atoms with Crippen molar-refractivity contribution < 1.29 is 9.90 Å². The summed E-state index contributed by atoms with van der Waals surface area (Å²) in [6.07, 6.45) is 6.73. The lowest BCUT2D eigenvalue weighted by Crippen LogP contribution is -2.55. The molecule has 0 aliphatic heterocycles. The van der Waals surface area contributed by atoms with Crippen LogP contribution in [-0.2, 0) is 4.79 Å². The molecule has 3 nitrogen and oxygen atoms in total. The van der Waals surface area contributed by atoms with Gasteiger partial charge in [-0.25, -0.2) is 0 Å². The molecule has 0 spiro atoms. The second kappa shape index (κ2) is 5.18. The molecular weight excluding hydrogens is 190 g/mol. The number of carboxylic acids is 1. The predicted octanol–water partition coefficient (Wildman–Crippen LogP) is 1.88. The van der Waals surface area contributed by atoms with Crippen molar-refractivity contribution in [3.63, 3.8) is 0 Å². The van der Waals surface area contributed by atoms with Crippen LogP contribution in [0.15, 0.2) is 0 Å². The molecule has 0 unspecified atom stereocenters. The largest absolute Gasteiger partial charge is 0.481 e. The van der Waals surface area contributed by atoms with Gasteiger partial charge < -0.3 is 10.4 Å². The Morgan fingerprint density at radius 3 is 2.33 bits per heavy atom. The number of terminal acetylenes is 1. The normalized spacial score (nSPS) is 12.2. The second-order valence-corrected chi connectivity index (χ2v) is 4.79. The van der Waals surface area contributed by atoms with E-state index in [0.717, 1.165) is 19.4 Å². The maximum absolute atomic E-state index is 11.1. The van der Waals surface area contributed by atoms with E-state index in [-0.39, 0.29) is 0 Å². The Kier molecular flexibility index (Phi) is 4.83. The fourth-order valence-corrected chi connectivity index (χ4v) is 1.08. The summed E-state index contributed by atoms with van der Waals surface area (Å²) in [7, 11) is 0. The van der Waals surface area contributed by atoms with Gasteiger partial charge in [0.25, 0.3) is 0 Å². The van der Waals surface area contributed by atoms with Gasteiger partial charge in [-0.15, -0.1) is 12.3 Å². The second-order valence-electron chi connectivity index (χ2n) is 4.79. The summed E-state index contributed by atoms with van der Waals surface area (Å²) in [5.41, 5.74) is -1.25. The van der Waals surface area contributed by atoms with E-state index in [9.17, 15) is 4.79 Å². The van der Waals surface area contributed by atoms with E-state index in [1.54, 1.807) is 13.8 Å². The minimum absolute atomic E-state index is 0.451.